The Morgan fingerprint density at radius 2 is 2.12 bits per heavy atom. The predicted molar refractivity (Wildman–Crippen MR) is 66.6 cm³/mol. The van der Waals surface area contributed by atoms with Gasteiger partial charge >= 0.3 is 0 Å². The number of aliphatic hydroxyl groups excluding tert-OH is 1. The highest BCUT2D eigenvalue weighted by atomic mass is 16.5. The molecule has 3 nitrogen and oxygen atoms in total. The molecule has 0 aromatic carbocycles. The van der Waals surface area contributed by atoms with Crippen LogP contribution in [0.5, 0.6) is 0 Å². The van der Waals surface area contributed by atoms with Crippen LogP contribution in [0.3, 0.4) is 0 Å². The minimum absolute atomic E-state index is 0.0606. The van der Waals surface area contributed by atoms with Crippen molar-refractivity contribution in [1.29, 1.82) is 0 Å². The van der Waals surface area contributed by atoms with Crippen LogP contribution in [0.25, 0.3) is 0 Å². The molecule has 0 aromatic heterocycles. The van der Waals surface area contributed by atoms with E-state index < -0.39 is 0 Å². The number of ether oxygens (including phenoxy) is 1. The van der Waals surface area contributed by atoms with Gasteiger partial charge in [0, 0.05) is 38.3 Å². The largest absolute Gasteiger partial charge is 0.396 e. The number of hydrogen-bond donors (Lipinski definition) is 1. The molecule has 1 rings (SSSR count). The topological polar surface area (TPSA) is 32.7 Å². The van der Waals surface area contributed by atoms with Crippen molar-refractivity contribution >= 4 is 0 Å². The van der Waals surface area contributed by atoms with Crippen molar-refractivity contribution in [2.75, 3.05) is 33.4 Å². The van der Waals surface area contributed by atoms with Gasteiger partial charge in [-0.2, -0.15) is 0 Å². The number of aliphatic hydroxyl groups is 1. The first kappa shape index (κ1) is 13.9. The summed E-state index contributed by atoms with van der Waals surface area (Å²) in [5.74, 6) is 0. The van der Waals surface area contributed by atoms with Gasteiger partial charge < -0.3 is 9.84 Å². The van der Waals surface area contributed by atoms with E-state index in [2.05, 4.69) is 18.7 Å². The van der Waals surface area contributed by atoms with Crippen LogP contribution in [0.15, 0.2) is 0 Å². The van der Waals surface area contributed by atoms with Gasteiger partial charge in [-0.15, -0.1) is 0 Å². The Hall–Kier alpha value is -0.120. The van der Waals surface area contributed by atoms with Crippen LogP contribution in [0.4, 0.5) is 0 Å². The maximum atomic E-state index is 9.53. The Bertz CT molecular complexity index is 194. The Morgan fingerprint density at radius 1 is 1.44 bits per heavy atom. The molecule has 0 bridgehead atoms. The van der Waals surface area contributed by atoms with E-state index in [4.69, 9.17) is 4.74 Å². The lowest BCUT2D eigenvalue weighted by molar-refractivity contribution is 0.0606. The van der Waals surface area contributed by atoms with E-state index in [0.717, 1.165) is 38.6 Å². The molecule has 1 unspecified atom stereocenters. The summed E-state index contributed by atoms with van der Waals surface area (Å²) >= 11 is 0. The van der Waals surface area contributed by atoms with Gasteiger partial charge in [-0.05, 0) is 19.3 Å². The van der Waals surface area contributed by atoms with Gasteiger partial charge in [0.05, 0.1) is 6.61 Å². The SMILES string of the molecule is CCCC(C)(CO)CN(CCOC)C1CC1. The average Bonchev–Trinajstić information content (AvgIpc) is 3.08. The number of methoxy groups -OCH3 is 1. The van der Waals surface area contributed by atoms with Gasteiger partial charge in [0.25, 0.3) is 0 Å². The Labute approximate surface area is 99.8 Å². The Balaban J connectivity index is 2.44. The molecule has 0 aromatic rings. The lowest BCUT2D eigenvalue weighted by Crippen LogP contribution is -2.41. The van der Waals surface area contributed by atoms with Gasteiger partial charge in [-0.3, -0.25) is 4.90 Å². The Morgan fingerprint density at radius 3 is 2.56 bits per heavy atom. The number of nitrogens with zero attached hydrogens (tertiary/aromatic N) is 1. The molecule has 0 heterocycles. The van der Waals surface area contributed by atoms with Crippen LogP contribution in [-0.4, -0.2) is 49.5 Å². The average molecular weight is 229 g/mol. The third-order valence-corrected chi connectivity index (χ3v) is 3.47. The first-order valence-corrected chi connectivity index (χ1v) is 6.49. The van der Waals surface area contributed by atoms with E-state index >= 15 is 0 Å². The second kappa shape index (κ2) is 6.58. The van der Waals surface area contributed by atoms with E-state index in [0.29, 0.717) is 0 Å². The molecule has 96 valence electrons. The molecule has 1 N–H and O–H groups in total. The van der Waals surface area contributed by atoms with Crippen LogP contribution in [-0.2, 0) is 4.74 Å². The fourth-order valence-corrected chi connectivity index (χ4v) is 2.34. The number of hydrogen-bond acceptors (Lipinski definition) is 3. The smallest absolute Gasteiger partial charge is 0.0589 e. The fourth-order valence-electron chi connectivity index (χ4n) is 2.34. The summed E-state index contributed by atoms with van der Waals surface area (Å²) < 4.78 is 5.15. The van der Waals surface area contributed by atoms with E-state index in [9.17, 15) is 5.11 Å². The molecule has 3 heteroatoms. The summed E-state index contributed by atoms with van der Waals surface area (Å²) in [4.78, 5) is 2.50. The molecule has 0 amide bonds. The quantitative estimate of drug-likeness (QED) is 0.655. The maximum absolute atomic E-state index is 9.53. The van der Waals surface area contributed by atoms with Crippen molar-refractivity contribution in [3.63, 3.8) is 0 Å². The van der Waals surface area contributed by atoms with Gasteiger partial charge in [0.2, 0.25) is 0 Å². The third-order valence-electron chi connectivity index (χ3n) is 3.47. The molecule has 0 spiro atoms. The molecular formula is C13H27NO2. The standard InChI is InChI=1S/C13H27NO2/c1-4-7-13(2,11-15)10-14(8-9-16-3)12-5-6-12/h12,15H,4-11H2,1-3H3. The molecule has 0 saturated heterocycles. The van der Waals surface area contributed by atoms with Crippen molar-refractivity contribution < 1.29 is 9.84 Å². The Kier molecular flexibility index (Phi) is 5.73. The molecule has 0 radical (unpaired) electrons. The van der Waals surface area contributed by atoms with Crippen LogP contribution in [0, 0.1) is 5.41 Å². The molecule has 1 saturated carbocycles. The van der Waals surface area contributed by atoms with E-state index in [-0.39, 0.29) is 12.0 Å². The van der Waals surface area contributed by atoms with Gasteiger partial charge in [-0.25, -0.2) is 0 Å². The zero-order chi connectivity index (χ0) is 12.0. The van der Waals surface area contributed by atoms with Crippen molar-refractivity contribution in [3.8, 4) is 0 Å². The van der Waals surface area contributed by atoms with E-state index in [1.54, 1.807) is 7.11 Å². The highest BCUT2D eigenvalue weighted by molar-refractivity contribution is 4.88. The highest BCUT2D eigenvalue weighted by Crippen LogP contribution is 2.31. The summed E-state index contributed by atoms with van der Waals surface area (Å²) in [6.07, 6.45) is 4.87. The summed E-state index contributed by atoms with van der Waals surface area (Å²) in [5, 5.41) is 9.53. The van der Waals surface area contributed by atoms with Crippen molar-refractivity contribution in [2.45, 2.75) is 45.6 Å². The van der Waals surface area contributed by atoms with E-state index in [1.165, 1.54) is 12.8 Å². The van der Waals surface area contributed by atoms with Crippen LogP contribution in [0.2, 0.25) is 0 Å². The summed E-state index contributed by atoms with van der Waals surface area (Å²) in [6, 6.07) is 0.748. The number of rotatable bonds is 9. The minimum Gasteiger partial charge on any atom is -0.396 e. The second-order valence-corrected chi connectivity index (χ2v) is 5.41. The lowest BCUT2D eigenvalue weighted by Gasteiger charge is -2.34. The normalized spacial score (nSPS) is 20.1. The van der Waals surface area contributed by atoms with Crippen molar-refractivity contribution in [2.24, 2.45) is 5.41 Å². The summed E-state index contributed by atoms with van der Waals surface area (Å²) in [5.41, 5.74) is 0.0606. The van der Waals surface area contributed by atoms with Gasteiger partial charge in [0.15, 0.2) is 0 Å². The van der Waals surface area contributed by atoms with Crippen LogP contribution >= 0.6 is 0 Å². The first-order chi connectivity index (χ1) is 7.65. The first-order valence-electron chi connectivity index (χ1n) is 6.49. The zero-order valence-corrected chi connectivity index (χ0v) is 11.0. The van der Waals surface area contributed by atoms with Crippen LogP contribution < -0.4 is 0 Å². The monoisotopic (exact) mass is 229 g/mol. The highest BCUT2D eigenvalue weighted by Gasteiger charge is 2.34. The van der Waals surface area contributed by atoms with Crippen molar-refractivity contribution in [3.05, 3.63) is 0 Å². The van der Waals surface area contributed by atoms with Gasteiger partial charge in [-0.1, -0.05) is 20.3 Å². The lowest BCUT2D eigenvalue weighted by atomic mass is 9.86. The minimum atomic E-state index is 0.0606. The molecule has 0 aliphatic heterocycles. The van der Waals surface area contributed by atoms with Crippen molar-refractivity contribution in [1.82, 2.24) is 4.90 Å². The molecule has 1 aliphatic rings. The molecular weight excluding hydrogens is 202 g/mol. The molecule has 1 aliphatic carbocycles. The summed E-state index contributed by atoms with van der Waals surface area (Å²) in [7, 11) is 1.75. The maximum Gasteiger partial charge on any atom is 0.0589 e. The second-order valence-electron chi connectivity index (χ2n) is 5.41. The fraction of sp³-hybridized carbons (Fsp3) is 1.00. The predicted octanol–water partition coefficient (Wildman–Crippen LogP) is 1.90. The van der Waals surface area contributed by atoms with Crippen LogP contribution in [0.1, 0.15) is 39.5 Å². The molecule has 1 fully saturated rings. The molecule has 1 atom stereocenters. The van der Waals surface area contributed by atoms with E-state index in [1.807, 2.05) is 0 Å². The molecule has 16 heavy (non-hydrogen) atoms. The zero-order valence-electron chi connectivity index (χ0n) is 11.0. The summed E-state index contributed by atoms with van der Waals surface area (Å²) in [6.45, 7) is 7.47. The third kappa shape index (κ3) is 4.40. The van der Waals surface area contributed by atoms with Gasteiger partial charge in [0.1, 0.15) is 0 Å².